The van der Waals surface area contributed by atoms with E-state index in [9.17, 15) is 5.11 Å². The predicted octanol–water partition coefficient (Wildman–Crippen LogP) is 1.97. The maximum atomic E-state index is 9.22. The van der Waals surface area contributed by atoms with E-state index in [2.05, 4.69) is 12.2 Å². The van der Waals surface area contributed by atoms with Gasteiger partial charge in [-0.25, -0.2) is 0 Å². The van der Waals surface area contributed by atoms with Crippen molar-refractivity contribution in [3.05, 3.63) is 12.2 Å². The first-order valence-electron chi connectivity index (χ1n) is 4.62. The Labute approximate surface area is 68.1 Å². The maximum Gasteiger partial charge on any atom is 0.0515 e. The largest absolute Gasteiger partial charge is 0.393 e. The van der Waals surface area contributed by atoms with E-state index in [1.807, 2.05) is 6.92 Å². The topological polar surface area (TPSA) is 20.2 Å². The molecule has 2 aliphatic rings. The molecule has 2 rings (SSSR count). The lowest BCUT2D eigenvalue weighted by molar-refractivity contribution is 0.152. The average molecular weight is 152 g/mol. The van der Waals surface area contributed by atoms with E-state index < -0.39 is 0 Å². The van der Waals surface area contributed by atoms with Crippen LogP contribution in [0.1, 0.15) is 26.2 Å². The number of aliphatic hydroxyl groups is 1. The van der Waals surface area contributed by atoms with E-state index in [0.29, 0.717) is 0 Å². The van der Waals surface area contributed by atoms with E-state index in [0.717, 1.165) is 24.2 Å². The van der Waals surface area contributed by atoms with Crippen LogP contribution in [0.5, 0.6) is 0 Å². The monoisotopic (exact) mass is 152 g/mol. The number of aliphatic hydroxyl groups excluding tert-OH is 1. The first-order chi connectivity index (χ1) is 5.25. The van der Waals surface area contributed by atoms with E-state index in [1.54, 1.807) is 0 Å². The standard InChI is InChI=1S/C10H16O/c1-7(11)4-10-6-8-2-3-9(10)5-8/h2-3,7-11H,4-6H2,1H3/t7-,8?,9?,10?/m0/s1. The van der Waals surface area contributed by atoms with Gasteiger partial charge in [0.2, 0.25) is 0 Å². The molecule has 1 saturated carbocycles. The fraction of sp³-hybridized carbons (Fsp3) is 0.800. The van der Waals surface area contributed by atoms with Gasteiger partial charge in [0.1, 0.15) is 0 Å². The van der Waals surface area contributed by atoms with Crippen molar-refractivity contribution in [2.24, 2.45) is 17.8 Å². The van der Waals surface area contributed by atoms with Crippen LogP contribution in [0.3, 0.4) is 0 Å². The summed E-state index contributed by atoms with van der Waals surface area (Å²) in [5.41, 5.74) is 0. The zero-order valence-electron chi connectivity index (χ0n) is 7.03. The smallest absolute Gasteiger partial charge is 0.0515 e. The lowest BCUT2D eigenvalue weighted by Gasteiger charge is -2.18. The third-order valence-electron chi connectivity index (χ3n) is 3.06. The Morgan fingerprint density at radius 1 is 1.45 bits per heavy atom. The molecule has 11 heavy (non-hydrogen) atoms. The van der Waals surface area contributed by atoms with Gasteiger partial charge in [-0.2, -0.15) is 0 Å². The summed E-state index contributed by atoms with van der Waals surface area (Å²) in [6.07, 6.45) is 8.28. The predicted molar refractivity (Wildman–Crippen MR) is 45.1 cm³/mol. The summed E-state index contributed by atoms with van der Waals surface area (Å²) in [7, 11) is 0. The van der Waals surface area contributed by atoms with Crippen LogP contribution in [0, 0.1) is 17.8 Å². The Bertz CT molecular complexity index is 172. The van der Waals surface area contributed by atoms with Crippen molar-refractivity contribution >= 4 is 0 Å². The zero-order valence-corrected chi connectivity index (χ0v) is 7.03. The van der Waals surface area contributed by atoms with Crippen molar-refractivity contribution < 1.29 is 5.11 Å². The molecular formula is C10H16O. The summed E-state index contributed by atoms with van der Waals surface area (Å²) in [5, 5.41) is 9.22. The van der Waals surface area contributed by atoms with Crippen molar-refractivity contribution in [3.63, 3.8) is 0 Å². The van der Waals surface area contributed by atoms with Crippen molar-refractivity contribution in [1.82, 2.24) is 0 Å². The van der Waals surface area contributed by atoms with Crippen LogP contribution in [0.15, 0.2) is 12.2 Å². The van der Waals surface area contributed by atoms with E-state index in [1.165, 1.54) is 12.8 Å². The molecule has 4 atom stereocenters. The summed E-state index contributed by atoms with van der Waals surface area (Å²) in [6.45, 7) is 1.90. The third kappa shape index (κ3) is 1.34. The van der Waals surface area contributed by atoms with Crippen LogP contribution >= 0.6 is 0 Å². The van der Waals surface area contributed by atoms with Gasteiger partial charge in [0.05, 0.1) is 6.10 Å². The van der Waals surface area contributed by atoms with Crippen molar-refractivity contribution in [2.75, 3.05) is 0 Å². The second kappa shape index (κ2) is 2.63. The van der Waals surface area contributed by atoms with Crippen molar-refractivity contribution in [2.45, 2.75) is 32.3 Å². The molecule has 3 unspecified atom stereocenters. The Hall–Kier alpha value is -0.300. The van der Waals surface area contributed by atoms with Crippen LogP contribution in [0.4, 0.5) is 0 Å². The van der Waals surface area contributed by atoms with Gasteiger partial charge in [0, 0.05) is 0 Å². The minimum absolute atomic E-state index is 0.104. The molecule has 0 aliphatic heterocycles. The quantitative estimate of drug-likeness (QED) is 0.600. The Kier molecular flexibility index (Phi) is 1.76. The number of hydrogen-bond donors (Lipinski definition) is 1. The first kappa shape index (κ1) is 7.35. The fourth-order valence-electron chi connectivity index (χ4n) is 2.60. The summed E-state index contributed by atoms with van der Waals surface area (Å²) in [5.74, 6) is 2.43. The number of rotatable bonds is 2. The molecule has 1 heteroatoms. The van der Waals surface area contributed by atoms with Gasteiger partial charge in [-0.05, 0) is 43.9 Å². The van der Waals surface area contributed by atoms with Gasteiger partial charge in [0.15, 0.2) is 0 Å². The SMILES string of the molecule is C[C@H](O)CC1CC2C=CC1C2. The molecule has 2 aliphatic carbocycles. The minimum Gasteiger partial charge on any atom is -0.393 e. The average Bonchev–Trinajstić information content (AvgIpc) is 2.45. The number of fused-ring (bicyclic) bond motifs is 2. The van der Waals surface area contributed by atoms with E-state index >= 15 is 0 Å². The lowest BCUT2D eigenvalue weighted by Crippen LogP contribution is -2.13. The normalized spacial score (nSPS) is 43.3. The number of allylic oxidation sites excluding steroid dienone is 2. The van der Waals surface area contributed by atoms with E-state index in [4.69, 9.17) is 0 Å². The molecule has 0 aromatic carbocycles. The highest BCUT2D eigenvalue weighted by molar-refractivity contribution is 5.10. The highest BCUT2D eigenvalue weighted by atomic mass is 16.3. The Morgan fingerprint density at radius 2 is 2.27 bits per heavy atom. The van der Waals surface area contributed by atoms with Crippen LogP contribution in [0.2, 0.25) is 0 Å². The molecule has 0 saturated heterocycles. The Morgan fingerprint density at radius 3 is 2.73 bits per heavy atom. The molecule has 1 N–H and O–H groups in total. The molecule has 0 radical (unpaired) electrons. The van der Waals surface area contributed by atoms with Gasteiger partial charge in [0.25, 0.3) is 0 Å². The lowest BCUT2D eigenvalue weighted by atomic mass is 9.89. The second-order valence-electron chi connectivity index (χ2n) is 4.13. The molecule has 0 heterocycles. The van der Waals surface area contributed by atoms with Crippen molar-refractivity contribution in [3.8, 4) is 0 Å². The molecular weight excluding hydrogens is 136 g/mol. The van der Waals surface area contributed by atoms with E-state index in [-0.39, 0.29) is 6.10 Å². The number of hydrogen-bond acceptors (Lipinski definition) is 1. The van der Waals surface area contributed by atoms with Gasteiger partial charge >= 0.3 is 0 Å². The summed E-state index contributed by atoms with van der Waals surface area (Å²) in [6, 6.07) is 0. The van der Waals surface area contributed by atoms with Crippen LogP contribution in [0.25, 0.3) is 0 Å². The molecule has 0 aromatic heterocycles. The fourth-order valence-corrected chi connectivity index (χ4v) is 2.60. The summed E-state index contributed by atoms with van der Waals surface area (Å²) < 4.78 is 0. The van der Waals surface area contributed by atoms with Gasteiger partial charge in [-0.15, -0.1) is 0 Å². The highest BCUT2D eigenvalue weighted by Gasteiger charge is 2.35. The second-order valence-corrected chi connectivity index (χ2v) is 4.13. The molecule has 62 valence electrons. The van der Waals surface area contributed by atoms with Crippen LogP contribution < -0.4 is 0 Å². The molecule has 2 bridgehead atoms. The molecule has 0 spiro atoms. The molecule has 0 aromatic rings. The van der Waals surface area contributed by atoms with Gasteiger partial charge in [-0.1, -0.05) is 12.2 Å². The third-order valence-corrected chi connectivity index (χ3v) is 3.06. The van der Waals surface area contributed by atoms with Gasteiger partial charge < -0.3 is 5.11 Å². The van der Waals surface area contributed by atoms with Crippen LogP contribution in [-0.2, 0) is 0 Å². The van der Waals surface area contributed by atoms with Gasteiger partial charge in [-0.3, -0.25) is 0 Å². The molecule has 1 fully saturated rings. The molecule has 0 amide bonds. The highest BCUT2D eigenvalue weighted by Crippen LogP contribution is 2.45. The maximum absolute atomic E-state index is 9.22. The summed E-state index contributed by atoms with van der Waals surface area (Å²) >= 11 is 0. The first-order valence-corrected chi connectivity index (χ1v) is 4.62. The Balaban J connectivity index is 1.93. The zero-order chi connectivity index (χ0) is 7.84. The van der Waals surface area contributed by atoms with Crippen molar-refractivity contribution in [1.29, 1.82) is 0 Å². The minimum atomic E-state index is -0.104. The van der Waals surface area contributed by atoms with Crippen LogP contribution in [-0.4, -0.2) is 11.2 Å². The summed E-state index contributed by atoms with van der Waals surface area (Å²) in [4.78, 5) is 0. The molecule has 1 nitrogen and oxygen atoms in total.